The quantitative estimate of drug-likeness (QED) is 0.449. The first-order valence-electron chi connectivity index (χ1n) is 9.14. The van der Waals surface area contributed by atoms with Crippen molar-refractivity contribution in [1.82, 2.24) is 14.8 Å². The molecule has 0 saturated heterocycles. The lowest BCUT2D eigenvalue weighted by molar-refractivity contribution is -0.113. The molecule has 0 saturated carbocycles. The van der Waals surface area contributed by atoms with Crippen LogP contribution in [0.3, 0.4) is 0 Å². The number of hydrogen-bond donors (Lipinski definition) is 1. The summed E-state index contributed by atoms with van der Waals surface area (Å²) in [6.45, 7) is 4.07. The predicted molar refractivity (Wildman–Crippen MR) is 113 cm³/mol. The van der Waals surface area contributed by atoms with Crippen molar-refractivity contribution in [2.75, 3.05) is 17.7 Å². The molecule has 150 valence electrons. The van der Waals surface area contributed by atoms with Crippen molar-refractivity contribution in [3.63, 3.8) is 0 Å². The summed E-state index contributed by atoms with van der Waals surface area (Å²) in [5, 5.41) is 11.9. The van der Waals surface area contributed by atoms with Gasteiger partial charge < -0.3 is 14.6 Å². The molecular formula is C21H22N4O3S. The Kier molecular flexibility index (Phi) is 6.66. The topological polar surface area (TPSA) is 86.1 Å². The number of carbonyl (C=O) groups is 2. The van der Waals surface area contributed by atoms with Crippen molar-refractivity contribution in [1.29, 1.82) is 0 Å². The normalized spacial score (nSPS) is 10.6. The van der Waals surface area contributed by atoms with Gasteiger partial charge in [0.15, 0.2) is 16.8 Å². The third kappa shape index (κ3) is 5.23. The summed E-state index contributed by atoms with van der Waals surface area (Å²) < 4.78 is 7.31. The SMILES string of the molecule is CCOc1ccc(-c2nnc(SCC(=O)Nc3ccc(C(C)=O)cc3)n2C)cc1. The number of Topliss-reactive ketones (excluding diaryl/α,β-unsaturated/α-hetero) is 1. The Morgan fingerprint density at radius 1 is 1.07 bits per heavy atom. The standard InChI is InChI=1S/C21H22N4O3S/c1-4-28-18-11-7-16(8-12-18)20-23-24-21(25(20)3)29-13-19(27)22-17-9-5-15(6-10-17)14(2)26/h5-12H,4,13H2,1-3H3,(H,22,27). The minimum absolute atomic E-state index is 0.0101. The molecule has 0 aliphatic heterocycles. The van der Waals surface area contributed by atoms with Crippen LogP contribution in [0.1, 0.15) is 24.2 Å². The molecule has 0 aliphatic rings. The summed E-state index contributed by atoms with van der Waals surface area (Å²) in [5.74, 6) is 1.56. The van der Waals surface area contributed by atoms with Gasteiger partial charge in [0, 0.05) is 23.9 Å². The number of hydrogen-bond acceptors (Lipinski definition) is 6. The molecule has 3 aromatic rings. The molecule has 7 nitrogen and oxygen atoms in total. The van der Waals surface area contributed by atoms with E-state index in [4.69, 9.17) is 4.74 Å². The highest BCUT2D eigenvalue weighted by Gasteiger charge is 2.13. The van der Waals surface area contributed by atoms with Crippen molar-refractivity contribution in [3.05, 3.63) is 54.1 Å². The first-order chi connectivity index (χ1) is 14.0. The molecule has 0 spiro atoms. The third-order valence-corrected chi connectivity index (χ3v) is 5.19. The lowest BCUT2D eigenvalue weighted by atomic mass is 10.1. The van der Waals surface area contributed by atoms with Gasteiger partial charge in [-0.05, 0) is 62.4 Å². The average molecular weight is 410 g/mol. The van der Waals surface area contributed by atoms with E-state index in [0.29, 0.717) is 23.0 Å². The Labute approximate surface area is 173 Å². The van der Waals surface area contributed by atoms with Gasteiger partial charge in [0.25, 0.3) is 0 Å². The fraction of sp³-hybridized carbons (Fsp3) is 0.238. The van der Waals surface area contributed by atoms with Crippen LogP contribution < -0.4 is 10.1 Å². The summed E-state index contributed by atoms with van der Waals surface area (Å²) in [6.07, 6.45) is 0. The van der Waals surface area contributed by atoms with Crippen LogP contribution in [0.15, 0.2) is 53.7 Å². The van der Waals surface area contributed by atoms with Crippen molar-refractivity contribution in [2.24, 2.45) is 7.05 Å². The smallest absolute Gasteiger partial charge is 0.234 e. The van der Waals surface area contributed by atoms with Gasteiger partial charge >= 0.3 is 0 Å². The second kappa shape index (κ2) is 9.38. The maximum absolute atomic E-state index is 12.2. The number of benzene rings is 2. The van der Waals surface area contributed by atoms with E-state index in [1.165, 1.54) is 18.7 Å². The van der Waals surface area contributed by atoms with Crippen molar-refractivity contribution in [3.8, 4) is 17.1 Å². The Hall–Kier alpha value is -3.13. The second-order valence-electron chi connectivity index (χ2n) is 6.29. The first-order valence-corrected chi connectivity index (χ1v) is 10.1. The van der Waals surface area contributed by atoms with Crippen LogP contribution in [0, 0.1) is 0 Å². The molecule has 3 rings (SSSR count). The average Bonchev–Trinajstić information content (AvgIpc) is 3.08. The van der Waals surface area contributed by atoms with E-state index in [0.717, 1.165) is 17.1 Å². The Morgan fingerprint density at radius 3 is 2.38 bits per heavy atom. The van der Waals surface area contributed by atoms with Crippen molar-refractivity contribution >= 4 is 29.1 Å². The molecule has 2 aromatic carbocycles. The predicted octanol–water partition coefficient (Wildman–Crippen LogP) is 3.81. The number of nitrogens with zero attached hydrogens (tertiary/aromatic N) is 3. The first kappa shape index (κ1) is 20.6. The fourth-order valence-corrected chi connectivity index (χ4v) is 3.39. The molecule has 0 aliphatic carbocycles. The molecule has 1 aromatic heterocycles. The van der Waals surface area contributed by atoms with Gasteiger partial charge in [-0.15, -0.1) is 10.2 Å². The number of carbonyl (C=O) groups excluding carboxylic acids is 2. The second-order valence-corrected chi connectivity index (χ2v) is 7.24. The summed E-state index contributed by atoms with van der Waals surface area (Å²) in [5.41, 5.74) is 2.18. The highest BCUT2D eigenvalue weighted by atomic mass is 32.2. The zero-order valence-electron chi connectivity index (χ0n) is 16.5. The maximum Gasteiger partial charge on any atom is 0.234 e. The summed E-state index contributed by atoms with van der Waals surface area (Å²) in [7, 11) is 1.87. The minimum atomic E-state index is -0.156. The molecule has 0 fully saturated rings. The zero-order valence-corrected chi connectivity index (χ0v) is 17.3. The number of nitrogens with one attached hydrogen (secondary N) is 1. The van der Waals surface area contributed by atoms with E-state index in [1.54, 1.807) is 24.3 Å². The summed E-state index contributed by atoms with van der Waals surface area (Å²) in [6, 6.07) is 14.5. The minimum Gasteiger partial charge on any atom is -0.494 e. The van der Waals surface area contributed by atoms with Gasteiger partial charge in [0.1, 0.15) is 5.75 Å². The van der Waals surface area contributed by atoms with Crippen molar-refractivity contribution < 1.29 is 14.3 Å². The van der Waals surface area contributed by atoms with Gasteiger partial charge in [-0.3, -0.25) is 9.59 Å². The lowest BCUT2D eigenvalue weighted by Gasteiger charge is -2.07. The number of amides is 1. The van der Waals surface area contributed by atoms with E-state index in [2.05, 4.69) is 15.5 Å². The Morgan fingerprint density at radius 2 is 1.76 bits per heavy atom. The van der Waals surface area contributed by atoms with Gasteiger partial charge in [-0.2, -0.15) is 0 Å². The van der Waals surface area contributed by atoms with Crippen LogP contribution in [-0.4, -0.2) is 38.8 Å². The Balaban J connectivity index is 1.59. The molecule has 1 heterocycles. The molecule has 1 amide bonds. The van der Waals surface area contributed by atoms with E-state index >= 15 is 0 Å². The highest BCUT2D eigenvalue weighted by molar-refractivity contribution is 7.99. The van der Waals surface area contributed by atoms with E-state index in [1.807, 2.05) is 42.8 Å². The number of ketones is 1. The molecule has 29 heavy (non-hydrogen) atoms. The van der Waals surface area contributed by atoms with Gasteiger partial charge in [0.2, 0.25) is 5.91 Å². The summed E-state index contributed by atoms with van der Waals surface area (Å²) >= 11 is 1.31. The number of aromatic nitrogens is 3. The van der Waals surface area contributed by atoms with Gasteiger partial charge in [-0.1, -0.05) is 11.8 Å². The molecule has 0 bridgehead atoms. The summed E-state index contributed by atoms with van der Waals surface area (Å²) in [4.78, 5) is 23.5. The van der Waals surface area contributed by atoms with Crippen LogP contribution >= 0.6 is 11.8 Å². The molecule has 1 N–H and O–H groups in total. The third-order valence-electron chi connectivity index (χ3n) is 4.17. The van der Waals surface area contributed by atoms with Crippen LogP contribution in [0.2, 0.25) is 0 Å². The molecule has 8 heteroatoms. The highest BCUT2D eigenvalue weighted by Crippen LogP contribution is 2.24. The number of thioether (sulfide) groups is 1. The van der Waals surface area contributed by atoms with E-state index < -0.39 is 0 Å². The molecule has 0 unspecified atom stereocenters. The molecule has 0 radical (unpaired) electrons. The van der Waals surface area contributed by atoms with Crippen LogP contribution in [0.25, 0.3) is 11.4 Å². The van der Waals surface area contributed by atoms with Crippen LogP contribution in [-0.2, 0) is 11.8 Å². The van der Waals surface area contributed by atoms with Crippen molar-refractivity contribution in [2.45, 2.75) is 19.0 Å². The van der Waals surface area contributed by atoms with Gasteiger partial charge in [-0.25, -0.2) is 0 Å². The number of rotatable bonds is 8. The fourth-order valence-electron chi connectivity index (χ4n) is 2.67. The van der Waals surface area contributed by atoms with Crippen LogP contribution in [0.4, 0.5) is 5.69 Å². The zero-order chi connectivity index (χ0) is 20.8. The monoisotopic (exact) mass is 410 g/mol. The number of ether oxygens (including phenoxy) is 1. The number of anilines is 1. The largest absolute Gasteiger partial charge is 0.494 e. The van der Waals surface area contributed by atoms with Gasteiger partial charge in [0.05, 0.1) is 12.4 Å². The van der Waals surface area contributed by atoms with E-state index in [9.17, 15) is 9.59 Å². The van der Waals surface area contributed by atoms with E-state index in [-0.39, 0.29) is 17.4 Å². The lowest BCUT2D eigenvalue weighted by Crippen LogP contribution is -2.14. The maximum atomic E-state index is 12.2. The molecule has 0 atom stereocenters. The Bertz CT molecular complexity index is 998. The van der Waals surface area contributed by atoms with Crippen LogP contribution in [0.5, 0.6) is 5.75 Å². The molecular weight excluding hydrogens is 388 g/mol.